The van der Waals surface area contributed by atoms with E-state index in [0.29, 0.717) is 27.2 Å². The Balaban J connectivity index is 1.71. The van der Waals surface area contributed by atoms with Gasteiger partial charge in [-0.25, -0.2) is 9.79 Å². The molecule has 0 radical (unpaired) electrons. The molecule has 2 heterocycles. The summed E-state index contributed by atoms with van der Waals surface area (Å²) in [6.07, 6.45) is 1.91. The number of benzene rings is 3. The van der Waals surface area contributed by atoms with Crippen LogP contribution in [-0.2, 0) is 9.53 Å². The van der Waals surface area contributed by atoms with Crippen LogP contribution in [0.2, 0.25) is 0 Å². The number of thiazole rings is 1. The van der Waals surface area contributed by atoms with Crippen molar-refractivity contribution in [1.82, 2.24) is 4.57 Å². The maximum absolute atomic E-state index is 13.8. The Bertz CT molecular complexity index is 1660. The standard InChI is InChI=1S/C29H26N2O4S/c1-4-34-22-15-13-20(14-16-22)26-25(28(33)35-5-2)18(3)30-29-31(26)27(32)24(36-29)17-21-11-8-10-19-9-6-7-12-23(19)21/h6-17,26H,4-5H2,1-3H3/b24-17-. The van der Waals surface area contributed by atoms with Gasteiger partial charge in [-0.15, -0.1) is 0 Å². The fraction of sp³-hybridized carbons (Fsp3) is 0.207. The number of hydrogen-bond acceptors (Lipinski definition) is 6. The molecule has 4 aromatic rings. The average Bonchev–Trinajstić information content (AvgIpc) is 3.18. The van der Waals surface area contributed by atoms with Gasteiger partial charge >= 0.3 is 5.97 Å². The molecular weight excluding hydrogens is 472 g/mol. The van der Waals surface area contributed by atoms with Crippen LogP contribution in [0.4, 0.5) is 0 Å². The lowest BCUT2D eigenvalue weighted by Gasteiger charge is -2.24. The number of esters is 1. The van der Waals surface area contributed by atoms with Crippen molar-refractivity contribution in [3.05, 3.63) is 109 Å². The third kappa shape index (κ3) is 4.27. The third-order valence-electron chi connectivity index (χ3n) is 6.13. The number of rotatable bonds is 6. The van der Waals surface area contributed by atoms with Gasteiger partial charge < -0.3 is 9.47 Å². The molecule has 3 aromatic carbocycles. The lowest BCUT2D eigenvalue weighted by Crippen LogP contribution is -2.39. The van der Waals surface area contributed by atoms with Crippen LogP contribution in [0.15, 0.2) is 87.8 Å². The van der Waals surface area contributed by atoms with Crippen LogP contribution >= 0.6 is 11.3 Å². The van der Waals surface area contributed by atoms with E-state index in [-0.39, 0.29) is 12.2 Å². The van der Waals surface area contributed by atoms with Crippen molar-refractivity contribution in [3.63, 3.8) is 0 Å². The molecule has 0 fully saturated rings. The summed E-state index contributed by atoms with van der Waals surface area (Å²) in [6.45, 7) is 6.26. The largest absolute Gasteiger partial charge is 0.494 e. The van der Waals surface area contributed by atoms with Crippen molar-refractivity contribution in [1.29, 1.82) is 0 Å². The van der Waals surface area contributed by atoms with E-state index >= 15 is 0 Å². The summed E-state index contributed by atoms with van der Waals surface area (Å²) < 4.78 is 13.1. The molecule has 1 aliphatic heterocycles. The van der Waals surface area contributed by atoms with E-state index in [2.05, 4.69) is 17.1 Å². The number of carbonyl (C=O) groups is 1. The fourth-order valence-corrected chi connectivity index (χ4v) is 5.57. The van der Waals surface area contributed by atoms with Gasteiger partial charge in [0.05, 0.1) is 35.1 Å². The van der Waals surface area contributed by atoms with Gasteiger partial charge in [0.25, 0.3) is 5.56 Å². The minimum Gasteiger partial charge on any atom is -0.494 e. The normalized spacial score (nSPS) is 15.5. The highest BCUT2D eigenvalue weighted by molar-refractivity contribution is 7.07. The zero-order valence-corrected chi connectivity index (χ0v) is 21.2. The topological polar surface area (TPSA) is 69.9 Å². The molecule has 1 aliphatic rings. The van der Waals surface area contributed by atoms with Gasteiger partial charge in [0.2, 0.25) is 0 Å². The zero-order chi connectivity index (χ0) is 25.2. The van der Waals surface area contributed by atoms with E-state index in [4.69, 9.17) is 9.47 Å². The summed E-state index contributed by atoms with van der Waals surface area (Å²) in [5.74, 6) is 0.254. The van der Waals surface area contributed by atoms with E-state index in [1.54, 1.807) is 18.4 Å². The van der Waals surface area contributed by atoms with Crippen molar-refractivity contribution in [2.24, 2.45) is 4.99 Å². The summed E-state index contributed by atoms with van der Waals surface area (Å²) in [5.41, 5.74) is 2.46. The van der Waals surface area contributed by atoms with Crippen LogP contribution in [0.5, 0.6) is 5.75 Å². The highest BCUT2D eigenvalue weighted by atomic mass is 32.1. The number of ether oxygens (including phenoxy) is 2. The molecule has 182 valence electrons. The Morgan fingerprint density at radius 3 is 2.53 bits per heavy atom. The molecule has 0 aliphatic carbocycles. The van der Waals surface area contributed by atoms with Gasteiger partial charge in [-0.05, 0) is 60.9 Å². The highest BCUT2D eigenvalue weighted by Gasteiger charge is 2.33. The number of fused-ring (bicyclic) bond motifs is 2. The quantitative estimate of drug-likeness (QED) is 0.371. The van der Waals surface area contributed by atoms with Crippen molar-refractivity contribution in [2.75, 3.05) is 13.2 Å². The first-order valence-corrected chi connectivity index (χ1v) is 12.7. The van der Waals surface area contributed by atoms with Crippen LogP contribution in [0.25, 0.3) is 16.8 Å². The van der Waals surface area contributed by atoms with Crippen molar-refractivity contribution < 1.29 is 14.3 Å². The van der Waals surface area contributed by atoms with Crippen molar-refractivity contribution in [3.8, 4) is 5.75 Å². The molecule has 6 nitrogen and oxygen atoms in total. The summed E-state index contributed by atoms with van der Waals surface area (Å²) in [4.78, 5) is 32.1. The molecule has 36 heavy (non-hydrogen) atoms. The lowest BCUT2D eigenvalue weighted by molar-refractivity contribution is -0.139. The fourth-order valence-electron chi connectivity index (χ4n) is 4.54. The van der Waals surface area contributed by atoms with Gasteiger partial charge in [-0.1, -0.05) is 65.9 Å². The smallest absolute Gasteiger partial charge is 0.338 e. The molecule has 0 N–H and O–H groups in total. The maximum atomic E-state index is 13.8. The Morgan fingerprint density at radius 1 is 1.03 bits per heavy atom. The van der Waals surface area contributed by atoms with Crippen LogP contribution in [0.3, 0.4) is 0 Å². The Labute approximate surface area is 212 Å². The van der Waals surface area contributed by atoms with E-state index < -0.39 is 12.0 Å². The second kappa shape index (κ2) is 9.95. The summed E-state index contributed by atoms with van der Waals surface area (Å²) in [7, 11) is 0. The predicted octanol–water partition coefficient (Wildman–Crippen LogP) is 4.35. The number of nitrogens with zero attached hydrogens (tertiary/aromatic N) is 2. The lowest BCUT2D eigenvalue weighted by atomic mass is 9.96. The SMILES string of the molecule is CCOC(=O)C1=C(C)N=c2s/c(=C\c3cccc4ccccc34)c(=O)n2C1c1ccc(OCC)cc1. The van der Waals surface area contributed by atoms with Gasteiger partial charge in [0.15, 0.2) is 4.80 Å². The molecule has 0 saturated carbocycles. The van der Waals surface area contributed by atoms with Crippen LogP contribution in [-0.4, -0.2) is 23.8 Å². The molecular formula is C29H26N2O4S. The molecule has 0 saturated heterocycles. The second-order valence-electron chi connectivity index (χ2n) is 8.37. The number of hydrogen-bond donors (Lipinski definition) is 0. The minimum absolute atomic E-state index is 0.195. The Morgan fingerprint density at radius 2 is 1.78 bits per heavy atom. The first kappa shape index (κ1) is 23.8. The van der Waals surface area contributed by atoms with E-state index in [9.17, 15) is 9.59 Å². The summed E-state index contributed by atoms with van der Waals surface area (Å²) in [5, 5.41) is 2.17. The van der Waals surface area contributed by atoms with Gasteiger partial charge in [0, 0.05) is 0 Å². The van der Waals surface area contributed by atoms with Crippen molar-refractivity contribution in [2.45, 2.75) is 26.8 Å². The Hall–Kier alpha value is -3.97. The van der Waals surface area contributed by atoms with Crippen molar-refractivity contribution >= 4 is 34.2 Å². The van der Waals surface area contributed by atoms with Gasteiger partial charge in [-0.2, -0.15) is 0 Å². The van der Waals surface area contributed by atoms with Crippen LogP contribution < -0.4 is 19.6 Å². The molecule has 1 atom stereocenters. The van der Waals surface area contributed by atoms with Gasteiger partial charge in [-0.3, -0.25) is 9.36 Å². The third-order valence-corrected chi connectivity index (χ3v) is 7.12. The van der Waals surface area contributed by atoms with E-state index in [1.165, 1.54) is 11.3 Å². The molecule has 5 rings (SSSR count). The predicted molar refractivity (Wildman–Crippen MR) is 142 cm³/mol. The van der Waals surface area contributed by atoms with E-state index in [1.807, 2.05) is 67.6 Å². The molecule has 1 unspecified atom stereocenters. The number of carbonyl (C=O) groups excluding carboxylic acids is 1. The molecule has 7 heteroatoms. The molecule has 1 aromatic heterocycles. The number of aromatic nitrogens is 1. The summed E-state index contributed by atoms with van der Waals surface area (Å²) in [6, 6.07) is 20.9. The average molecular weight is 499 g/mol. The monoisotopic (exact) mass is 498 g/mol. The van der Waals surface area contributed by atoms with Crippen LogP contribution in [0, 0.1) is 0 Å². The highest BCUT2D eigenvalue weighted by Crippen LogP contribution is 2.31. The Kier molecular flexibility index (Phi) is 6.57. The molecule has 0 bridgehead atoms. The number of allylic oxidation sites excluding steroid dienone is 1. The molecule has 0 spiro atoms. The first-order valence-electron chi connectivity index (χ1n) is 11.9. The molecule has 0 amide bonds. The maximum Gasteiger partial charge on any atom is 0.338 e. The van der Waals surface area contributed by atoms with Gasteiger partial charge in [0.1, 0.15) is 5.75 Å². The minimum atomic E-state index is -0.648. The zero-order valence-electron chi connectivity index (χ0n) is 20.4. The van der Waals surface area contributed by atoms with E-state index in [0.717, 1.165) is 27.6 Å². The summed E-state index contributed by atoms with van der Waals surface area (Å²) >= 11 is 1.32. The van der Waals surface area contributed by atoms with Crippen LogP contribution in [0.1, 0.15) is 37.9 Å². The first-order chi connectivity index (χ1) is 17.5. The second-order valence-corrected chi connectivity index (χ2v) is 9.38.